The molecule has 7 nitrogen and oxygen atoms in total. The molecule has 2 aromatic carbocycles. The molecule has 1 N–H and O–H groups in total. The van der Waals surface area contributed by atoms with Gasteiger partial charge in [0.05, 0.1) is 12.7 Å². The van der Waals surface area contributed by atoms with Crippen molar-refractivity contribution in [1.82, 2.24) is 14.8 Å². The first-order valence-electron chi connectivity index (χ1n) is 8.92. The molecule has 0 aliphatic rings. The predicted molar refractivity (Wildman–Crippen MR) is 109 cm³/mol. The molecule has 0 spiro atoms. The number of hydrogen-bond acceptors (Lipinski definition) is 5. The van der Waals surface area contributed by atoms with Gasteiger partial charge in [0.2, 0.25) is 5.88 Å². The molecule has 0 atom stereocenters. The van der Waals surface area contributed by atoms with Crippen molar-refractivity contribution >= 4 is 11.6 Å². The number of benzene rings is 2. The number of anilines is 1. The van der Waals surface area contributed by atoms with E-state index in [1.807, 2.05) is 41.2 Å². The summed E-state index contributed by atoms with van der Waals surface area (Å²) < 4.78 is 12.8. The molecule has 2 heterocycles. The summed E-state index contributed by atoms with van der Waals surface area (Å²) >= 11 is 0. The fraction of sp³-hybridized carbons (Fsp3) is 0.0455. The number of amides is 1. The van der Waals surface area contributed by atoms with Gasteiger partial charge in [-0.1, -0.05) is 12.1 Å². The van der Waals surface area contributed by atoms with Crippen LogP contribution >= 0.6 is 0 Å². The molecule has 4 aromatic rings. The molecule has 0 bridgehead atoms. The van der Waals surface area contributed by atoms with Gasteiger partial charge < -0.3 is 19.4 Å². The normalized spacial score (nSPS) is 10.4. The Kier molecular flexibility index (Phi) is 5.20. The summed E-state index contributed by atoms with van der Waals surface area (Å²) in [6, 6.07) is 21.5. The average Bonchev–Trinajstić information content (AvgIpc) is 3.30. The number of ether oxygens (including phenoxy) is 2. The van der Waals surface area contributed by atoms with Gasteiger partial charge in [-0.05, 0) is 54.6 Å². The largest absolute Gasteiger partial charge is 0.496 e. The number of nitrogens with one attached hydrogen (secondary N) is 1. The third-order valence-corrected chi connectivity index (χ3v) is 4.18. The van der Waals surface area contributed by atoms with Crippen LogP contribution in [0.5, 0.6) is 17.4 Å². The average molecular weight is 386 g/mol. The Morgan fingerprint density at radius 2 is 1.66 bits per heavy atom. The van der Waals surface area contributed by atoms with Crippen molar-refractivity contribution in [3.8, 4) is 23.2 Å². The first-order chi connectivity index (χ1) is 14.2. The minimum atomic E-state index is -0.248. The summed E-state index contributed by atoms with van der Waals surface area (Å²) in [5, 5.41) is 11.1. The van der Waals surface area contributed by atoms with E-state index < -0.39 is 0 Å². The summed E-state index contributed by atoms with van der Waals surface area (Å²) in [6.07, 6.45) is 3.78. The predicted octanol–water partition coefficient (Wildman–Crippen LogP) is 4.32. The number of para-hydroxylation sites is 1. The molecule has 144 valence electrons. The van der Waals surface area contributed by atoms with E-state index in [9.17, 15) is 4.79 Å². The monoisotopic (exact) mass is 386 g/mol. The molecule has 0 aliphatic heterocycles. The maximum atomic E-state index is 12.5. The van der Waals surface area contributed by atoms with Gasteiger partial charge in [0, 0.05) is 24.1 Å². The molecule has 0 aliphatic carbocycles. The number of carbonyl (C=O) groups is 1. The second kappa shape index (κ2) is 8.26. The molecule has 7 heteroatoms. The highest BCUT2D eigenvalue weighted by molar-refractivity contribution is 6.06. The molecular formula is C22H18N4O3. The van der Waals surface area contributed by atoms with Crippen LogP contribution in [0.3, 0.4) is 0 Å². The number of rotatable bonds is 6. The Morgan fingerprint density at radius 1 is 0.897 bits per heavy atom. The van der Waals surface area contributed by atoms with Crippen molar-refractivity contribution in [1.29, 1.82) is 0 Å². The first kappa shape index (κ1) is 18.2. The standard InChI is InChI=1S/C22H18N4O3/c1-28-19-7-3-2-6-18(19)22(27)23-16-8-10-17(11-9-16)29-21-13-12-20(24-25-21)26-14-4-5-15-26/h2-15H,1H3,(H,23,27). The maximum absolute atomic E-state index is 12.5. The molecule has 0 radical (unpaired) electrons. The van der Waals surface area contributed by atoms with Crippen molar-refractivity contribution in [3.05, 3.63) is 90.8 Å². The van der Waals surface area contributed by atoms with E-state index in [0.29, 0.717) is 34.4 Å². The third kappa shape index (κ3) is 4.24. The number of carbonyl (C=O) groups excluding carboxylic acids is 1. The lowest BCUT2D eigenvalue weighted by atomic mass is 10.2. The third-order valence-electron chi connectivity index (χ3n) is 4.18. The summed E-state index contributed by atoms with van der Waals surface area (Å²) in [5.41, 5.74) is 1.11. The van der Waals surface area contributed by atoms with Crippen molar-refractivity contribution in [2.45, 2.75) is 0 Å². The minimum absolute atomic E-state index is 0.248. The number of hydrogen-bond donors (Lipinski definition) is 1. The van der Waals surface area contributed by atoms with Gasteiger partial charge in [0.15, 0.2) is 5.82 Å². The van der Waals surface area contributed by atoms with Gasteiger partial charge in [-0.15, -0.1) is 10.2 Å². The van der Waals surface area contributed by atoms with Crippen molar-refractivity contribution in [3.63, 3.8) is 0 Å². The summed E-state index contributed by atoms with van der Waals surface area (Å²) in [4.78, 5) is 12.5. The van der Waals surface area contributed by atoms with Crippen molar-refractivity contribution < 1.29 is 14.3 Å². The molecule has 0 fully saturated rings. The topological polar surface area (TPSA) is 78.3 Å². The zero-order chi connectivity index (χ0) is 20.1. The molecule has 0 unspecified atom stereocenters. The summed E-state index contributed by atoms with van der Waals surface area (Å²) in [5.74, 6) is 1.95. The van der Waals surface area contributed by atoms with E-state index in [-0.39, 0.29) is 5.91 Å². The fourth-order valence-electron chi connectivity index (χ4n) is 2.75. The molecule has 0 saturated heterocycles. The van der Waals surface area contributed by atoms with E-state index >= 15 is 0 Å². The zero-order valence-corrected chi connectivity index (χ0v) is 15.6. The van der Waals surface area contributed by atoms with Crippen molar-refractivity contribution in [2.75, 3.05) is 12.4 Å². The van der Waals surface area contributed by atoms with E-state index in [1.54, 1.807) is 48.5 Å². The zero-order valence-electron chi connectivity index (χ0n) is 15.6. The van der Waals surface area contributed by atoms with Crippen LogP contribution in [0, 0.1) is 0 Å². The van der Waals surface area contributed by atoms with Crippen LogP contribution in [0.1, 0.15) is 10.4 Å². The van der Waals surface area contributed by atoms with E-state index in [2.05, 4.69) is 15.5 Å². The Morgan fingerprint density at radius 3 is 2.34 bits per heavy atom. The molecule has 2 aromatic heterocycles. The van der Waals surface area contributed by atoms with Gasteiger partial charge in [0.1, 0.15) is 11.5 Å². The van der Waals surface area contributed by atoms with E-state index in [0.717, 1.165) is 0 Å². The van der Waals surface area contributed by atoms with Gasteiger partial charge in [-0.25, -0.2) is 0 Å². The molecule has 0 saturated carbocycles. The number of nitrogens with zero attached hydrogens (tertiary/aromatic N) is 3. The highest BCUT2D eigenvalue weighted by Gasteiger charge is 2.11. The first-order valence-corrected chi connectivity index (χ1v) is 8.92. The maximum Gasteiger partial charge on any atom is 0.259 e. The van der Waals surface area contributed by atoms with Crippen LogP contribution in [-0.4, -0.2) is 27.8 Å². The number of aromatic nitrogens is 3. The second-order valence-corrected chi connectivity index (χ2v) is 6.10. The van der Waals surface area contributed by atoms with E-state index in [1.165, 1.54) is 7.11 Å². The van der Waals surface area contributed by atoms with Crippen LogP contribution < -0.4 is 14.8 Å². The van der Waals surface area contributed by atoms with Crippen LogP contribution in [0.25, 0.3) is 5.82 Å². The number of methoxy groups -OCH3 is 1. The fourth-order valence-corrected chi connectivity index (χ4v) is 2.75. The van der Waals surface area contributed by atoms with Gasteiger partial charge in [-0.3, -0.25) is 4.79 Å². The molecular weight excluding hydrogens is 368 g/mol. The van der Waals surface area contributed by atoms with Crippen LogP contribution in [0.2, 0.25) is 0 Å². The van der Waals surface area contributed by atoms with Gasteiger partial charge >= 0.3 is 0 Å². The lowest BCUT2D eigenvalue weighted by Gasteiger charge is -2.10. The molecule has 29 heavy (non-hydrogen) atoms. The van der Waals surface area contributed by atoms with Gasteiger partial charge in [-0.2, -0.15) is 0 Å². The summed E-state index contributed by atoms with van der Waals surface area (Å²) in [6.45, 7) is 0. The Hall–Kier alpha value is -4.13. The highest BCUT2D eigenvalue weighted by Crippen LogP contribution is 2.23. The van der Waals surface area contributed by atoms with E-state index in [4.69, 9.17) is 9.47 Å². The summed E-state index contributed by atoms with van der Waals surface area (Å²) in [7, 11) is 1.53. The van der Waals surface area contributed by atoms with Crippen molar-refractivity contribution in [2.24, 2.45) is 0 Å². The smallest absolute Gasteiger partial charge is 0.259 e. The Labute approximate surface area is 167 Å². The second-order valence-electron chi connectivity index (χ2n) is 6.10. The Bertz CT molecular complexity index is 1090. The van der Waals surface area contributed by atoms with Crippen LogP contribution in [-0.2, 0) is 0 Å². The van der Waals surface area contributed by atoms with Crippen LogP contribution in [0.4, 0.5) is 5.69 Å². The molecule has 4 rings (SSSR count). The quantitative estimate of drug-likeness (QED) is 0.534. The van der Waals surface area contributed by atoms with Crippen LogP contribution in [0.15, 0.2) is 85.2 Å². The van der Waals surface area contributed by atoms with Gasteiger partial charge in [0.25, 0.3) is 5.91 Å². The lowest BCUT2D eigenvalue weighted by Crippen LogP contribution is -2.12. The highest BCUT2D eigenvalue weighted by atomic mass is 16.5. The lowest BCUT2D eigenvalue weighted by molar-refractivity contribution is 0.102. The minimum Gasteiger partial charge on any atom is -0.496 e. The Balaban J connectivity index is 1.41. The SMILES string of the molecule is COc1ccccc1C(=O)Nc1ccc(Oc2ccc(-n3cccc3)nn2)cc1. The molecule has 1 amide bonds.